The molecule has 13 heteroatoms. The maximum absolute atomic E-state index is 12.6. The number of aliphatic hydroxyl groups excluding tert-OH is 1. The Labute approximate surface area is 232 Å². The summed E-state index contributed by atoms with van der Waals surface area (Å²) in [6.45, 7) is 6.41. The first-order valence-electron chi connectivity index (χ1n) is 11.9. The molecule has 1 aromatic heterocycles. The Morgan fingerprint density at radius 2 is 2.03 bits per heavy atom. The van der Waals surface area contributed by atoms with E-state index < -0.39 is 16.2 Å². The molecule has 0 aliphatic carbocycles. The van der Waals surface area contributed by atoms with Crippen LogP contribution in [-0.4, -0.2) is 57.8 Å². The molecule has 2 aromatic carbocycles. The molecule has 1 N–H and O–H groups in total. The van der Waals surface area contributed by atoms with Crippen LogP contribution in [0.5, 0.6) is 0 Å². The van der Waals surface area contributed by atoms with Gasteiger partial charge >= 0.3 is 16.3 Å². The SMILES string of the molecule is CCOC(=O)CC(c1ccc(C)c(CN2CC=C(O)OS2(=O)=O)c1)c1ccc2c(nnn2CCCl)c1C.Cl. The Morgan fingerprint density at radius 1 is 1.26 bits per heavy atom. The molecule has 4 rings (SSSR count). The van der Waals surface area contributed by atoms with Crippen LogP contribution in [0.25, 0.3) is 11.0 Å². The molecular formula is C25H30Cl2N4O6S. The van der Waals surface area contributed by atoms with Gasteiger partial charge in [-0.25, -0.2) is 4.68 Å². The Bertz CT molecular complexity index is 1460. The van der Waals surface area contributed by atoms with Gasteiger partial charge < -0.3 is 14.0 Å². The average Bonchev–Trinajstić information content (AvgIpc) is 3.25. The number of ether oxygens (including phenoxy) is 1. The minimum absolute atomic E-state index is 0. The lowest BCUT2D eigenvalue weighted by Gasteiger charge is -2.25. The number of halogens is 2. The fraction of sp³-hybridized carbons (Fsp3) is 0.400. The highest BCUT2D eigenvalue weighted by Crippen LogP contribution is 2.35. The molecule has 3 aromatic rings. The number of fused-ring (bicyclic) bond motifs is 1. The van der Waals surface area contributed by atoms with Crippen LogP contribution in [0.4, 0.5) is 0 Å². The number of rotatable bonds is 9. The van der Waals surface area contributed by atoms with Crippen LogP contribution in [0, 0.1) is 13.8 Å². The van der Waals surface area contributed by atoms with Crippen molar-refractivity contribution in [1.29, 1.82) is 0 Å². The lowest BCUT2D eigenvalue weighted by Crippen LogP contribution is -2.35. The van der Waals surface area contributed by atoms with E-state index >= 15 is 0 Å². The van der Waals surface area contributed by atoms with E-state index in [0.29, 0.717) is 12.4 Å². The summed E-state index contributed by atoms with van der Waals surface area (Å²) >= 11 is 5.90. The van der Waals surface area contributed by atoms with Gasteiger partial charge in [0.25, 0.3) is 5.95 Å². The van der Waals surface area contributed by atoms with Crippen molar-refractivity contribution in [2.24, 2.45) is 0 Å². The quantitative estimate of drug-likeness (QED) is 0.292. The predicted octanol–water partition coefficient (Wildman–Crippen LogP) is 4.27. The second-order valence-corrected chi connectivity index (χ2v) is 10.7. The van der Waals surface area contributed by atoms with Gasteiger partial charge in [0.15, 0.2) is 0 Å². The third-order valence-electron chi connectivity index (χ3n) is 6.43. The predicted molar refractivity (Wildman–Crippen MR) is 146 cm³/mol. The Kier molecular flexibility index (Phi) is 9.64. The zero-order valence-electron chi connectivity index (χ0n) is 21.3. The van der Waals surface area contributed by atoms with Crippen molar-refractivity contribution in [2.45, 2.75) is 46.2 Å². The standard InChI is InChI=1S/C25H29ClN4O6S.ClH/c1-4-35-24(32)14-21(20-7-8-22-25(17(20)3)27-28-30(22)12-10-26)18-6-5-16(2)19(13-18)15-29-11-9-23(31)36-37(29,33)34;/h5-9,13,21,31H,4,10-12,14-15H2,1-3H3;1H. The molecule has 0 spiro atoms. The molecule has 38 heavy (non-hydrogen) atoms. The summed E-state index contributed by atoms with van der Waals surface area (Å²) in [5, 5.41) is 18.0. The van der Waals surface area contributed by atoms with Gasteiger partial charge in [-0.2, -0.15) is 12.7 Å². The fourth-order valence-electron chi connectivity index (χ4n) is 4.48. The Morgan fingerprint density at radius 3 is 2.71 bits per heavy atom. The van der Waals surface area contributed by atoms with Crippen LogP contribution in [0.15, 0.2) is 42.4 Å². The number of hydrogen-bond donors (Lipinski definition) is 1. The molecular weight excluding hydrogens is 555 g/mol. The molecule has 2 heterocycles. The van der Waals surface area contributed by atoms with Crippen molar-refractivity contribution in [3.8, 4) is 0 Å². The minimum Gasteiger partial charge on any atom is -0.480 e. The van der Waals surface area contributed by atoms with Gasteiger partial charge in [0.1, 0.15) is 5.52 Å². The van der Waals surface area contributed by atoms with Crippen LogP contribution in [0.2, 0.25) is 0 Å². The van der Waals surface area contributed by atoms with E-state index in [1.807, 2.05) is 44.2 Å². The summed E-state index contributed by atoms with van der Waals surface area (Å²) < 4.78 is 37.6. The van der Waals surface area contributed by atoms with Crippen LogP contribution in [0.1, 0.15) is 47.1 Å². The third-order valence-corrected chi connectivity index (χ3v) is 7.89. The van der Waals surface area contributed by atoms with Gasteiger partial charge in [-0.1, -0.05) is 29.5 Å². The summed E-state index contributed by atoms with van der Waals surface area (Å²) in [5.41, 5.74) is 5.83. The largest absolute Gasteiger partial charge is 0.480 e. The normalized spacial score (nSPS) is 15.8. The van der Waals surface area contributed by atoms with Crippen molar-refractivity contribution < 1.29 is 27.2 Å². The number of alkyl halides is 1. The molecule has 206 valence electrons. The molecule has 1 atom stereocenters. The second kappa shape index (κ2) is 12.3. The number of aromatic nitrogens is 3. The number of aryl methyl sites for hydroxylation is 3. The van der Waals surface area contributed by atoms with E-state index in [0.717, 1.165) is 43.2 Å². The average molecular weight is 586 g/mol. The molecule has 0 fully saturated rings. The van der Waals surface area contributed by atoms with Crippen molar-refractivity contribution in [3.05, 3.63) is 70.2 Å². The van der Waals surface area contributed by atoms with E-state index in [4.69, 9.17) is 16.3 Å². The number of benzene rings is 2. The van der Waals surface area contributed by atoms with Gasteiger partial charge in [0.05, 0.1) is 25.1 Å². The van der Waals surface area contributed by atoms with E-state index in [1.165, 1.54) is 6.08 Å². The number of esters is 1. The van der Waals surface area contributed by atoms with Gasteiger partial charge in [-0.15, -0.1) is 29.1 Å². The molecule has 0 saturated carbocycles. The lowest BCUT2D eigenvalue weighted by atomic mass is 9.84. The monoisotopic (exact) mass is 584 g/mol. The maximum atomic E-state index is 12.6. The van der Waals surface area contributed by atoms with Crippen LogP contribution >= 0.6 is 24.0 Å². The smallest absolute Gasteiger partial charge is 0.388 e. The molecule has 0 radical (unpaired) electrons. The van der Waals surface area contributed by atoms with Crippen molar-refractivity contribution in [1.82, 2.24) is 19.3 Å². The third kappa shape index (κ3) is 6.23. The van der Waals surface area contributed by atoms with Crippen molar-refractivity contribution in [2.75, 3.05) is 19.0 Å². The topological polar surface area (TPSA) is 124 Å². The van der Waals surface area contributed by atoms with Crippen LogP contribution < -0.4 is 0 Å². The highest BCUT2D eigenvalue weighted by molar-refractivity contribution is 7.84. The van der Waals surface area contributed by atoms with E-state index in [2.05, 4.69) is 14.5 Å². The number of aliphatic hydroxyl groups is 1. The Balaban J connectivity index is 0.00000400. The van der Waals surface area contributed by atoms with Gasteiger partial charge in [0.2, 0.25) is 0 Å². The highest BCUT2D eigenvalue weighted by Gasteiger charge is 2.30. The zero-order chi connectivity index (χ0) is 26.7. The Hall–Kier alpha value is -2.86. The molecule has 1 aliphatic heterocycles. The molecule has 0 amide bonds. The van der Waals surface area contributed by atoms with Gasteiger partial charge in [0, 0.05) is 31.0 Å². The second-order valence-electron chi connectivity index (χ2n) is 8.77. The van der Waals surface area contributed by atoms with E-state index in [9.17, 15) is 18.3 Å². The summed E-state index contributed by atoms with van der Waals surface area (Å²) in [5.74, 6) is -0.930. The first kappa shape index (κ1) is 29.7. The minimum atomic E-state index is -4.12. The number of carbonyl (C=O) groups is 1. The van der Waals surface area contributed by atoms with Gasteiger partial charge in [-0.05, 0) is 54.7 Å². The first-order valence-corrected chi connectivity index (χ1v) is 13.8. The molecule has 0 saturated heterocycles. The number of hydrogen-bond acceptors (Lipinski definition) is 8. The summed E-state index contributed by atoms with van der Waals surface area (Å²) in [6, 6.07) is 9.63. The first-order chi connectivity index (χ1) is 17.6. The van der Waals surface area contributed by atoms with E-state index in [-0.39, 0.29) is 50.4 Å². The molecule has 10 nitrogen and oxygen atoms in total. The fourth-order valence-corrected chi connectivity index (χ4v) is 5.58. The maximum Gasteiger partial charge on any atom is 0.388 e. The number of carbonyl (C=O) groups excluding carboxylic acids is 1. The lowest BCUT2D eigenvalue weighted by molar-refractivity contribution is -0.143. The van der Waals surface area contributed by atoms with Crippen LogP contribution in [0.3, 0.4) is 0 Å². The van der Waals surface area contributed by atoms with Crippen LogP contribution in [-0.2, 0) is 37.1 Å². The summed E-state index contributed by atoms with van der Waals surface area (Å²) in [7, 11) is -4.12. The summed E-state index contributed by atoms with van der Waals surface area (Å²) in [4.78, 5) is 12.6. The highest BCUT2D eigenvalue weighted by atomic mass is 35.5. The van der Waals surface area contributed by atoms with Crippen molar-refractivity contribution in [3.63, 3.8) is 0 Å². The molecule has 1 unspecified atom stereocenters. The molecule has 0 bridgehead atoms. The molecule has 1 aliphatic rings. The van der Waals surface area contributed by atoms with Crippen molar-refractivity contribution >= 4 is 51.3 Å². The summed E-state index contributed by atoms with van der Waals surface area (Å²) in [6.07, 6.45) is 1.39. The zero-order valence-corrected chi connectivity index (χ0v) is 23.6. The van der Waals surface area contributed by atoms with E-state index in [1.54, 1.807) is 11.6 Å². The number of nitrogens with zero attached hydrogens (tertiary/aromatic N) is 4. The van der Waals surface area contributed by atoms with Gasteiger partial charge in [-0.3, -0.25) is 4.79 Å².